The summed E-state index contributed by atoms with van der Waals surface area (Å²) >= 11 is 0. The molecule has 1 N–H and O–H groups in total. The Labute approximate surface area is 97.6 Å². The van der Waals surface area contributed by atoms with Crippen LogP contribution >= 0.6 is 0 Å². The van der Waals surface area contributed by atoms with Gasteiger partial charge in [-0.15, -0.1) is 0 Å². The Kier molecular flexibility index (Phi) is 4.75. The minimum absolute atomic E-state index is 0.0726. The van der Waals surface area contributed by atoms with Crippen molar-refractivity contribution in [1.29, 1.82) is 5.26 Å². The number of hydrogen-bond donors (Lipinski definition) is 1. The van der Waals surface area contributed by atoms with Gasteiger partial charge in [-0.2, -0.15) is 5.26 Å². The first-order valence-corrected chi connectivity index (χ1v) is 5.95. The lowest BCUT2D eigenvalue weighted by molar-refractivity contribution is -0.129. The van der Waals surface area contributed by atoms with Crippen molar-refractivity contribution in [3.05, 3.63) is 0 Å². The van der Waals surface area contributed by atoms with Gasteiger partial charge in [-0.1, -0.05) is 19.3 Å². The van der Waals surface area contributed by atoms with Crippen molar-refractivity contribution < 1.29 is 4.79 Å². The Morgan fingerprint density at radius 3 is 2.50 bits per heavy atom. The lowest BCUT2D eigenvalue weighted by Gasteiger charge is -2.29. The van der Waals surface area contributed by atoms with Gasteiger partial charge in [-0.3, -0.25) is 4.79 Å². The number of hydrogen-bond acceptors (Lipinski definition) is 3. The maximum Gasteiger partial charge on any atom is 0.240 e. The Bertz CT molecular complexity index is 274. The lowest BCUT2D eigenvalue weighted by Crippen LogP contribution is -2.43. The van der Waals surface area contributed by atoms with E-state index in [1.54, 1.807) is 0 Å². The van der Waals surface area contributed by atoms with Crippen LogP contribution in [0.2, 0.25) is 0 Å². The first kappa shape index (κ1) is 13.0. The first-order chi connectivity index (χ1) is 7.60. The van der Waals surface area contributed by atoms with Crippen molar-refractivity contribution in [2.75, 3.05) is 27.2 Å². The summed E-state index contributed by atoms with van der Waals surface area (Å²) in [4.78, 5) is 14.0. The zero-order valence-corrected chi connectivity index (χ0v) is 10.3. The molecule has 90 valence electrons. The first-order valence-electron chi connectivity index (χ1n) is 5.95. The molecule has 0 unspecified atom stereocenters. The van der Waals surface area contributed by atoms with Gasteiger partial charge < -0.3 is 10.2 Å². The summed E-state index contributed by atoms with van der Waals surface area (Å²) in [5, 5.41) is 12.1. The number of carbonyl (C=O) groups is 1. The van der Waals surface area contributed by atoms with Crippen LogP contribution in [-0.4, -0.2) is 38.0 Å². The number of likely N-dealkylation sites (N-methyl/N-ethyl adjacent to an activating group) is 1. The molecule has 0 spiro atoms. The summed E-state index contributed by atoms with van der Waals surface area (Å²) < 4.78 is 0. The summed E-state index contributed by atoms with van der Waals surface area (Å²) in [5.74, 6) is -0.0726. The van der Waals surface area contributed by atoms with Crippen LogP contribution in [0.15, 0.2) is 0 Å². The van der Waals surface area contributed by atoms with Crippen molar-refractivity contribution in [2.24, 2.45) is 5.41 Å². The molecule has 1 saturated carbocycles. The monoisotopic (exact) mass is 223 g/mol. The average molecular weight is 223 g/mol. The van der Waals surface area contributed by atoms with Crippen LogP contribution in [0.25, 0.3) is 0 Å². The Hall–Kier alpha value is -1.08. The van der Waals surface area contributed by atoms with E-state index in [2.05, 4.69) is 11.4 Å². The van der Waals surface area contributed by atoms with E-state index in [4.69, 9.17) is 0 Å². The summed E-state index contributed by atoms with van der Waals surface area (Å²) in [5.41, 5.74) is -0.745. The van der Waals surface area contributed by atoms with Crippen LogP contribution in [0.3, 0.4) is 0 Å². The second-order valence-corrected chi connectivity index (χ2v) is 4.81. The van der Waals surface area contributed by atoms with E-state index in [-0.39, 0.29) is 5.91 Å². The molecule has 0 aromatic carbocycles. The molecule has 1 fully saturated rings. The third-order valence-electron chi connectivity index (χ3n) is 3.20. The minimum atomic E-state index is -0.745. The molecular weight excluding hydrogens is 202 g/mol. The van der Waals surface area contributed by atoms with Gasteiger partial charge in [-0.05, 0) is 26.9 Å². The number of nitrogens with one attached hydrogen (secondary N) is 1. The lowest BCUT2D eigenvalue weighted by atomic mass is 9.74. The van der Waals surface area contributed by atoms with Crippen molar-refractivity contribution in [1.82, 2.24) is 10.2 Å². The van der Waals surface area contributed by atoms with Gasteiger partial charge in [0.1, 0.15) is 5.41 Å². The molecule has 1 rings (SSSR count). The molecule has 4 nitrogen and oxygen atoms in total. The predicted molar refractivity (Wildman–Crippen MR) is 62.7 cm³/mol. The fraction of sp³-hybridized carbons (Fsp3) is 0.833. The standard InChI is InChI=1S/C12H21N3O/c1-15(2)9-8-14-11(16)12(10-13)6-4-3-5-7-12/h3-9H2,1-2H3,(H,14,16). The molecule has 0 radical (unpaired) electrons. The normalized spacial score (nSPS) is 19.1. The van der Waals surface area contributed by atoms with E-state index in [9.17, 15) is 10.1 Å². The Morgan fingerprint density at radius 1 is 1.38 bits per heavy atom. The van der Waals surface area contributed by atoms with E-state index in [0.29, 0.717) is 6.54 Å². The summed E-state index contributed by atoms with van der Waals surface area (Å²) in [7, 11) is 3.93. The summed E-state index contributed by atoms with van der Waals surface area (Å²) in [6.07, 6.45) is 4.58. The number of amides is 1. The highest BCUT2D eigenvalue weighted by Gasteiger charge is 2.39. The Balaban J connectivity index is 2.46. The SMILES string of the molecule is CN(C)CCNC(=O)C1(C#N)CCCCC1. The zero-order valence-electron chi connectivity index (χ0n) is 10.3. The maximum atomic E-state index is 12.0. The molecular formula is C12H21N3O. The third-order valence-corrected chi connectivity index (χ3v) is 3.20. The van der Waals surface area contributed by atoms with Gasteiger partial charge in [0.15, 0.2) is 0 Å². The molecule has 0 atom stereocenters. The second-order valence-electron chi connectivity index (χ2n) is 4.81. The smallest absolute Gasteiger partial charge is 0.240 e. The van der Waals surface area contributed by atoms with Crippen LogP contribution < -0.4 is 5.32 Å². The molecule has 4 heteroatoms. The fourth-order valence-electron chi connectivity index (χ4n) is 2.11. The van der Waals surface area contributed by atoms with Gasteiger partial charge in [0.25, 0.3) is 0 Å². The number of nitrogens with zero attached hydrogens (tertiary/aromatic N) is 2. The van der Waals surface area contributed by atoms with Gasteiger partial charge in [0.05, 0.1) is 6.07 Å². The van der Waals surface area contributed by atoms with Crippen molar-refractivity contribution in [3.8, 4) is 6.07 Å². The molecule has 16 heavy (non-hydrogen) atoms. The quantitative estimate of drug-likeness (QED) is 0.777. The fourth-order valence-corrected chi connectivity index (χ4v) is 2.11. The highest BCUT2D eigenvalue weighted by Crippen LogP contribution is 2.35. The van der Waals surface area contributed by atoms with E-state index in [0.717, 1.165) is 38.6 Å². The number of rotatable bonds is 4. The van der Waals surface area contributed by atoms with E-state index >= 15 is 0 Å². The van der Waals surface area contributed by atoms with E-state index in [1.165, 1.54) is 0 Å². The van der Waals surface area contributed by atoms with Gasteiger partial charge in [0, 0.05) is 13.1 Å². The number of nitriles is 1. The zero-order chi connectivity index (χ0) is 12.0. The van der Waals surface area contributed by atoms with E-state index in [1.807, 2.05) is 19.0 Å². The molecule has 0 aromatic heterocycles. The molecule has 1 aliphatic carbocycles. The van der Waals surface area contributed by atoms with Crippen LogP contribution in [0.1, 0.15) is 32.1 Å². The second kappa shape index (κ2) is 5.86. The van der Waals surface area contributed by atoms with Crippen molar-refractivity contribution in [2.45, 2.75) is 32.1 Å². The minimum Gasteiger partial charge on any atom is -0.353 e. The molecule has 0 heterocycles. The third kappa shape index (κ3) is 3.21. The molecule has 1 amide bonds. The maximum absolute atomic E-state index is 12.0. The highest BCUT2D eigenvalue weighted by molar-refractivity contribution is 5.85. The number of carbonyl (C=O) groups excluding carboxylic acids is 1. The van der Waals surface area contributed by atoms with Crippen LogP contribution in [0, 0.1) is 16.7 Å². The summed E-state index contributed by atoms with van der Waals surface area (Å²) in [6.45, 7) is 1.43. The molecule has 0 aromatic rings. The topological polar surface area (TPSA) is 56.1 Å². The Morgan fingerprint density at radius 2 is 2.00 bits per heavy atom. The molecule has 1 aliphatic rings. The predicted octanol–water partition coefficient (Wildman–Crippen LogP) is 1.14. The largest absolute Gasteiger partial charge is 0.353 e. The molecule has 0 saturated heterocycles. The highest BCUT2D eigenvalue weighted by atomic mass is 16.2. The average Bonchev–Trinajstić information content (AvgIpc) is 2.29. The van der Waals surface area contributed by atoms with E-state index < -0.39 is 5.41 Å². The van der Waals surface area contributed by atoms with Crippen molar-refractivity contribution in [3.63, 3.8) is 0 Å². The van der Waals surface area contributed by atoms with Crippen LogP contribution in [-0.2, 0) is 4.79 Å². The van der Waals surface area contributed by atoms with Crippen LogP contribution in [0.5, 0.6) is 0 Å². The van der Waals surface area contributed by atoms with Gasteiger partial charge in [-0.25, -0.2) is 0 Å². The van der Waals surface area contributed by atoms with Crippen LogP contribution in [0.4, 0.5) is 0 Å². The molecule has 0 bridgehead atoms. The molecule has 0 aliphatic heterocycles. The summed E-state index contributed by atoms with van der Waals surface area (Å²) in [6, 6.07) is 2.23. The van der Waals surface area contributed by atoms with Gasteiger partial charge in [0.2, 0.25) is 5.91 Å². The van der Waals surface area contributed by atoms with Crippen molar-refractivity contribution >= 4 is 5.91 Å². The van der Waals surface area contributed by atoms with Gasteiger partial charge >= 0.3 is 0 Å².